The molecule has 1 aromatic carbocycles. The highest BCUT2D eigenvalue weighted by molar-refractivity contribution is 7.98. The van der Waals surface area contributed by atoms with Crippen molar-refractivity contribution in [1.82, 2.24) is 13.6 Å². The molecule has 3 unspecified atom stereocenters. The molecule has 2 aliphatic heterocycles. The van der Waals surface area contributed by atoms with Crippen LogP contribution in [-0.4, -0.2) is 40.4 Å². The van der Waals surface area contributed by atoms with Gasteiger partial charge < -0.3 is 9.64 Å². The Bertz CT molecular complexity index is 658. The van der Waals surface area contributed by atoms with E-state index in [0.29, 0.717) is 5.92 Å². The molecule has 6 heteroatoms. The van der Waals surface area contributed by atoms with Crippen molar-refractivity contribution < 1.29 is 4.74 Å². The fourth-order valence-corrected chi connectivity index (χ4v) is 5.44. The predicted octanol–water partition coefficient (Wildman–Crippen LogP) is 3.65. The average molecular weight is 348 g/mol. The second kappa shape index (κ2) is 6.79. The molecule has 0 aliphatic carbocycles. The van der Waals surface area contributed by atoms with Crippen molar-refractivity contribution in [3.8, 4) is 5.75 Å². The summed E-state index contributed by atoms with van der Waals surface area (Å²) in [5.41, 5.74) is 2.55. The van der Waals surface area contributed by atoms with Crippen molar-refractivity contribution in [3.05, 3.63) is 35.5 Å². The van der Waals surface area contributed by atoms with E-state index in [0.717, 1.165) is 22.4 Å². The van der Waals surface area contributed by atoms with E-state index >= 15 is 0 Å². The molecule has 23 heavy (non-hydrogen) atoms. The van der Waals surface area contributed by atoms with E-state index in [1.165, 1.54) is 55.5 Å². The largest absolute Gasteiger partial charge is 0.497 e. The SMILES string of the molecule is COc1ccc(CSc2nsnc2C2CN3CCCC2C3)cc1. The molecule has 122 valence electrons. The standard InChI is InChI=1S/C17H21N3OS2/c1-21-14-6-4-12(5-7-14)11-22-17-16(18-23-19-17)15-10-20-8-2-3-13(15)9-20/h4-7,13,15H,2-3,8-11H2,1H3. The third kappa shape index (κ3) is 3.25. The zero-order valence-electron chi connectivity index (χ0n) is 13.3. The number of hydrogen-bond donors (Lipinski definition) is 0. The van der Waals surface area contributed by atoms with E-state index in [2.05, 4.69) is 25.8 Å². The maximum Gasteiger partial charge on any atom is 0.134 e. The van der Waals surface area contributed by atoms with E-state index in [1.807, 2.05) is 23.9 Å². The lowest BCUT2D eigenvalue weighted by Crippen LogP contribution is -2.25. The smallest absolute Gasteiger partial charge is 0.134 e. The van der Waals surface area contributed by atoms with Crippen LogP contribution in [0.4, 0.5) is 0 Å². The van der Waals surface area contributed by atoms with Gasteiger partial charge in [0.05, 0.1) is 24.5 Å². The Morgan fingerprint density at radius 1 is 1.26 bits per heavy atom. The number of rotatable bonds is 5. The number of thioether (sulfide) groups is 1. The monoisotopic (exact) mass is 347 g/mol. The molecule has 3 heterocycles. The van der Waals surface area contributed by atoms with E-state index in [1.54, 1.807) is 7.11 Å². The number of aromatic nitrogens is 2. The molecule has 0 amide bonds. The summed E-state index contributed by atoms with van der Waals surface area (Å²) >= 11 is 3.19. The molecule has 0 saturated carbocycles. The lowest BCUT2D eigenvalue weighted by Gasteiger charge is -2.21. The summed E-state index contributed by atoms with van der Waals surface area (Å²) in [7, 11) is 1.70. The lowest BCUT2D eigenvalue weighted by molar-refractivity contribution is 0.269. The van der Waals surface area contributed by atoms with Crippen LogP contribution in [0.25, 0.3) is 0 Å². The van der Waals surface area contributed by atoms with E-state index in [4.69, 9.17) is 4.74 Å². The van der Waals surface area contributed by atoms with Crippen LogP contribution in [0.3, 0.4) is 0 Å². The van der Waals surface area contributed by atoms with Gasteiger partial charge in [-0.25, -0.2) is 0 Å². The van der Waals surface area contributed by atoms with E-state index in [-0.39, 0.29) is 0 Å². The Morgan fingerprint density at radius 2 is 2.13 bits per heavy atom. The highest BCUT2D eigenvalue weighted by Gasteiger charge is 2.38. The second-order valence-corrected chi connectivity index (χ2v) is 7.85. The number of methoxy groups -OCH3 is 1. The van der Waals surface area contributed by atoms with Gasteiger partial charge in [0.1, 0.15) is 10.8 Å². The quantitative estimate of drug-likeness (QED) is 0.772. The van der Waals surface area contributed by atoms with Gasteiger partial charge >= 0.3 is 0 Å². The van der Waals surface area contributed by atoms with Gasteiger partial charge in [-0.15, -0.1) is 0 Å². The molecule has 2 aromatic rings. The van der Waals surface area contributed by atoms with Gasteiger partial charge in [-0.3, -0.25) is 0 Å². The van der Waals surface area contributed by atoms with Crippen LogP contribution in [0.1, 0.15) is 30.0 Å². The summed E-state index contributed by atoms with van der Waals surface area (Å²) in [4.78, 5) is 2.59. The Balaban J connectivity index is 1.45. The van der Waals surface area contributed by atoms with Gasteiger partial charge in [0.2, 0.25) is 0 Å². The van der Waals surface area contributed by atoms with Crippen molar-refractivity contribution in [2.24, 2.45) is 5.92 Å². The predicted molar refractivity (Wildman–Crippen MR) is 94.4 cm³/mol. The molecule has 0 N–H and O–H groups in total. The number of piperidine rings is 1. The van der Waals surface area contributed by atoms with Crippen LogP contribution in [0.15, 0.2) is 29.3 Å². The first-order chi connectivity index (χ1) is 11.3. The number of benzene rings is 1. The maximum atomic E-state index is 5.21. The minimum absolute atomic E-state index is 0.592. The summed E-state index contributed by atoms with van der Waals surface area (Å²) in [5.74, 6) is 3.22. The number of hydrogen-bond acceptors (Lipinski definition) is 6. The average Bonchev–Trinajstić information content (AvgIpc) is 3.17. The molecule has 2 bridgehead atoms. The molecule has 1 aromatic heterocycles. The minimum atomic E-state index is 0.592. The molecule has 4 rings (SSSR count). The maximum absolute atomic E-state index is 5.21. The van der Waals surface area contributed by atoms with Gasteiger partial charge in [0.15, 0.2) is 0 Å². The van der Waals surface area contributed by atoms with Crippen molar-refractivity contribution in [3.63, 3.8) is 0 Å². The van der Waals surface area contributed by atoms with Crippen molar-refractivity contribution in [1.29, 1.82) is 0 Å². The summed E-state index contributed by atoms with van der Waals surface area (Å²) in [6.45, 7) is 3.69. The highest BCUT2D eigenvalue weighted by atomic mass is 32.2. The number of ether oxygens (including phenoxy) is 1. The zero-order valence-corrected chi connectivity index (χ0v) is 14.9. The fourth-order valence-electron chi connectivity index (χ4n) is 3.71. The Hall–Kier alpha value is -1.11. The van der Waals surface area contributed by atoms with Crippen LogP contribution in [0, 0.1) is 5.92 Å². The fraction of sp³-hybridized carbons (Fsp3) is 0.529. The molecular weight excluding hydrogens is 326 g/mol. The number of fused-ring (bicyclic) bond motifs is 2. The number of nitrogens with zero attached hydrogens (tertiary/aromatic N) is 3. The van der Waals surface area contributed by atoms with Crippen molar-refractivity contribution in [2.75, 3.05) is 26.7 Å². The summed E-state index contributed by atoms with van der Waals surface area (Å²) in [6, 6.07) is 8.28. The summed E-state index contributed by atoms with van der Waals surface area (Å²) in [5, 5.41) is 1.14. The first-order valence-corrected chi connectivity index (χ1v) is 9.85. The Kier molecular flexibility index (Phi) is 4.55. The molecule has 2 saturated heterocycles. The van der Waals surface area contributed by atoms with Crippen LogP contribution < -0.4 is 4.74 Å². The minimum Gasteiger partial charge on any atom is -0.497 e. The Morgan fingerprint density at radius 3 is 2.91 bits per heavy atom. The van der Waals surface area contributed by atoms with Gasteiger partial charge in [0.25, 0.3) is 0 Å². The van der Waals surface area contributed by atoms with Crippen molar-refractivity contribution >= 4 is 23.5 Å². The third-order valence-corrected chi connectivity index (χ3v) is 6.64. The highest BCUT2D eigenvalue weighted by Crippen LogP contribution is 2.41. The summed E-state index contributed by atoms with van der Waals surface area (Å²) < 4.78 is 14.4. The Labute approximate surface area is 145 Å². The molecule has 2 fully saturated rings. The normalized spacial score (nSPS) is 26.4. The molecule has 3 atom stereocenters. The molecule has 4 nitrogen and oxygen atoms in total. The topological polar surface area (TPSA) is 38.3 Å². The third-order valence-electron chi connectivity index (χ3n) is 4.93. The van der Waals surface area contributed by atoms with Crippen LogP contribution >= 0.6 is 23.5 Å². The van der Waals surface area contributed by atoms with Gasteiger partial charge in [-0.2, -0.15) is 8.75 Å². The van der Waals surface area contributed by atoms with E-state index in [9.17, 15) is 0 Å². The lowest BCUT2D eigenvalue weighted by atomic mass is 9.89. The van der Waals surface area contributed by atoms with E-state index < -0.39 is 0 Å². The molecule has 0 spiro atoms. The molecular formula is C17H21N3OS2. The molecule has 0 radical (unpaired) electrons. The second-order valence-electron chi connectivity index (χ2n) is 6.36. The summed E-state index contributed by atoms with van der Waals surface area (Å²) in [6.07, 6.45) is 2.69. The van der Waals surface area contributed by atoms with Crippen LogP contribution in [-0.2, 0) is 5.75 Å². The first kappa shape index (κ1) is 15.4. The van der Waals surface area contributed by atoms with Gasteiger partial charge in [0, 0.05) is 24.8 Å². The van der Waals surface area contributed by atoms with Crippen LogP contribution in [0.2, 0.25) is 0 Å². The molecule has 2 aliphatic rings. The zero-order chi connectivity index (χ0) is 15.6. The first-order valence-electron chi connectivity index (χ1n) is 8.14. The van der Waals surface area contributed by atoms with Gasteiger partial charge in [-0.1, -0.05) is 23.9 Å². The van der Waals surface area contributed by atoms with Gasteiger partial charge in [-0.05, 0) is 43.0 Å². The van der Waals surface area contributed by atoms with Crippen LogP contribution in [0.5, 0.6) is 5.75 Å². The van der Waals surface area contributed by atoms with Crippen molar-refractivity contribution in [2.45, 2.75) is 29.5 Å².